The van der Waals surface area contributed by atoms with Crippen molar-refractivity contribution in [2.24, 2.45) is 50.7 Å². The normalized spacial score (nSPS) is 38.4. The number of nitrogens with zero attached hydrogens (tertiary/aromatic N) is 3. The third-order valence-electron chi connectivity index (χ3n) is 15.9. The lowest BCUT2D eigenvalue weighted by atomic mass is 9.33. The summed E-state index contributed by atoms with van der Waals surface area (Å²) in [4.78, 5) is 21.7. The Bertz CT molecular complexity index is 1640. The van der Waals surface area contributed by atoms with Gasteiger partial charge < -0.3 is 14.6 Å². The highest BCUT2D eigenvalue weighted by molar-refractivity contribution is 6.30. The molecule has 0 radical (unpaired) electrons. The van der Waals surface area contributed by atoms with E-state index in [-0.39, 0.29) is 39.1 Å². The number of Topliss-reactive ketones (excluding diaryl/α,β-unsaturated/α-hetero) is 1. The number of likely N-dealkylation sites (N-methyl/N-ethyl adjacent to an activating group) is 1. The SMILES string of the molecule is CC(C)C1=C2[C@H]3CC[C@@H]4[C@@]5(C)CC[C@H](O)C(C)(C)[C@@H]5CC[C@@]4(C)[C@]3(C)CC[C@@]2(Cc2ncc(-c3ccc(Cl)cc3)n2CCN(C)C)CC1=O. The Morgan fingerprint density at radius 3 is 2.33 bits per heavy atom. The van der Waals surface area contributed by atoms with Crippen molar-refractivity contribution in [2.75, 3.05) is 20.6 Å². The minimum atomic E-state index is -0.203. The first-order valence-electron chi connectivity index (χ1n) is 19.4. The number of halogens is 1. The van der Waals surface area contributed by atoms with Crippen LogP contribution in [0.5, 0.6) is 0 Å². The summed E-state index contributed by atoms with van der Waals surface area (Å²) >= 11 is 6.29. The first-order valence-corrected chi connectivity index (χ1v) is 19.8. The number of fused-ring (bicyclic) bond motifs is 7. The molecule has 1 N–H and O–H groups in total. The Balaban J connectivity index is 1.29. The van der Waals surface area contributed by atoms with Crippen molar-refractivity contribution in [1.29, 1.82) is 0 Å². The molecule has 4 saturated carbocycles. The Labute approximate surface area is 301 Å². The summed E-state index contributed by atoms with van der Waals surface area (Å²) in [5, 5.41) is 11.9. The molecule has 0 aliphatic heterocycles. The fourth-order valence-electron chi connectivity index (χ4n) is 13.2. The van der Waals surface area contributed by atoms with Crippen molar-refractivity contribution in [3.05, 3.63) is 52.5 Å². The van der Waals surface area contributed by atoms with Gasteiger partial charge in [-0.2, -0.15) is 0 Å². The molecule has 5 aliphatic carbocycles. The van der Waals surface area contributed by atoms with Crippen LogP contribution < -0.4 is 0 Å². The third kappa shape index (κ3) is 5.20. The Kier molecular flexibility index (Phi) is 8.72. The molecule has 0 saturated heterocycles. The molecular formula is C43H62ClN3O2. The zero-order valence-electron chi connectivity index (χ0n) is 31.8. The molecule has 0 unspecified atom stereocenters. The van der Waals surface area contributed by atoms with Crippen LogP contribution in [0.1, 0.15) is 112 Å². The summed E-state index contributed by atoms with van der Waals surface area (Å²) < 4.78 is 2.43. The van der Waals surface area contributed by atoms with Crippen LogP contribution in [-0.4, -0.2) is 52.1 Å². The Hall–Kier alpha value is -1.95. The molecule has 6 heteroatoms. The number of aromatic nitrogens is 2. The van der Waals surface area contributed by atoms with Gasteiger partial charge in [-0.15, -0.1) is 0 Å². The van der Waals surface area contributed by atoms with Gasteiger partial charge >= 0.3 is 0 Å². The predicted octanol–water partition coefficient (Wildman–Crippen LogP) is 9.65. The molecule has 4 fully saturated rings. The van der Waals surface area contributed by atoms with Gasteiger partial charge in [0.1, 0.15) is 5.82 Å². The number of benzene rings is 1. The lowest BCUT2D eigenvalue weighted by molar-refractivity contribution is -0.228. The Morgan fingerprint density at radius 1 is 0.939 bits per heavy atom. The number of carbonyl (C=O) groups is 1. The standard InChI is InChI=1S/C43H62ClN3O2/c1-27(2)37-32(48)24-43(25-36-45-26-31(47(36)23-22-46(8)9)28-10-12-29(44)13-11-28)21-20-41(6)30(38(37)43)14-15-34-40(5)18-17-35(49)39(3,4)33(40)16-19-42(34,41)7/h10-13,26-27,30,33-35,49H,14-25H2,1-9H3/t30-,33+,34-,35+,40+,41-,42-,43+/m1/s1. The van der Waals surface area contributed by atoms with Gasteiger partial charge in [0.2, 0.25) is 0 Å². The van der Waals surface area contributed by atoms with Gasteiger partial charge in [0, 0.05) is 36.4 Å². The highest BCUT2D eigenvalue weighted by atomic mass is 35.5. The minimum absolute atomic E-state index is 0.0433. The van der Waals surface area contributed by atoms with Crippen molar-refractivity contribution in [2.45, 2.75) is 125 Å². The molecule has 2 aromatic rings. The quantitative estimate of drug-likeness (QED) is 0.315. The molecule has 5 nitrogen and oxygen atoms in total. The average Bonchev–Trinajstić information content (AvgIpc) is 3.56. The van der Waals surface area contributed by atoms with E-state index in [9.17, 15) is 9.90 Å². The van der Waals surface area contributed by atoms with E-state index < -0.39 is 0 Å². The third-order valence-corrected chi connectivity index (χ3v) is 16.2. The number of aliphatic hydroxyl groups excluding tert-OH is 1. The summed E-state index contributed by atoms with van der Waals surface area (Å²) in [5.74, 6) is 3.36. The maximum absolute atomic E-state index is 14.3. The highest BCUT2D eigenvalue weighted by Gasteiger charge is 2.69. The van der Waals surface area contributed by atoms with Gasteiger partial charge in [0.05, 0.1) is 18.0 Å². The zero-order valence-corrected chi connectivity index (χ0v) is 32.6. The number of ketones is 1. The van der Waals surface area contributed by atoms with Crippen molar-refractivity contribution >= 4 is 17.4 Å². The average molecular weight is 688 g/mol. The molecular weight excluding hydrogens is 626 g/mol. The summed E-state index contributed by atoms with van der Waals surface area (Å²) in [7, 11) is 4.26. The smallest absolute Gasteiger partial charge is 0.160 e. The number of hydrogen-bond donors (Lipinski definition) is 1. The number of imidazole rings is 1. The highest BCUT2D eigenvalue weighted by Crippen LogP contribution is 2.76. The van der Waals surface area contributed by atoms with E-state index in [0.717, 1.165) is 66.5 Å². The monoisotopic (exact) mass is 687 g/mol. The molecule has 5 aliphatic rings. The minimum Gasteiger partial charge on any atom is -0.393 e. The van der Waals surface area contributed by atoms with Gasteiger partial charge in [-0.25, -0.2) is 4.98 Å². The number of carbonyl (C=O) groups excluding carboxylic acids is 1. The van der Waals surface area contributed by atoms with E-state index in [4.69, 9.17) is 16.6 Å². The van der Waals surface area contributed by atoms with Crippen LogP contribution in [0.4, 0.5) is 0 Å². The van der Waals surface area contributed by atoms with E-state index in [1.807, 2.05) is 12.1 Å². The van der Waals surface area contributed by atoms with Gasteiger partial charge in [0.25, 0.3) is 0 Å². The van der Waals surface area contributed by atoms with Crippen LogP contribution in [0.2, 0.25) is 5.02 Å². The molecule has 1 heterocycles. The van der Waals surface area contributed by atoms with E-state index >= 15 is 0 Å². The van der Waals surface area contributed by atoms with Gasteiger partial charge in [-0.1, -0.05) is 77.8 Å². The first kappa shape index (κ1) is 35.5. The van der Waals surface area contributed by atoms with Crippen molar-refractivity contribution in [3.63, 3.8) is 0 Å². The fraction of sp³-hybridized carbons (Fsp3) is 0.721. The van der Waals surface area contributed by atoms with Crippen LogP contribution in [-0.2, 0) is 17.8 Å². The lowest BCUT2D eigenvalue weighted by Crippen LogP contribution is -2.65. The summed E-state index contributed by atoms with van der Waals surface area (Å²) in [6.45, 7) is 18.9. The lowest BCUT2D eigenvalue weighted by Gasteiger charge is -2.72. The molecule has 0 spiro atoms. The van der Waals surface area contributed by atoms with Crippen molar-refractivity contribution in [3.8, 4) is 11.3 Å². The van der Waals surface area contributed by atoms with Gasteiger partial charge in [0.15, 0.2) is 5.78 Å². The molecule has 8 atom stereocenters. The van der Waals surface area contributed by atoms with Crippen LogP contribution in [0.25, 0.3) is 11.3 Å². The molecule has 49 heavy (non-hydrogen) atoms. The first-order chi connectivity index (χ1) is 23.0. The topological polar surface area (TPSA) is 58.4 Å². The van der Waals surface area contributed by atoms with E-state index in [1.54, 1.807) is 0 Å². The second-order valence-corrected chi connectivity index (χ2v) is 19.5. The molecule has 0 amide bonds. The van der Waals surface area contributed by atoms with Crippen molar-refractivity contribution in [1.82, 2.24) is 14.5 Å². The second-order valence-electron chi connectivity index (χ2n) is 19.1. The van der Waals surface area contributed by atoms with Gasteiger partial charge in [-0.3, -0.25) is 4.79 Å². The van der Waals surface area contributed by atoms with Crippen LogP contribution >= 0.6 is 11.6 Å². The number of allylic oxidation sites excluding steroid dienone is 2. The van der Waals surface area contributed by atoms with E-state index in [2.05, 4.69) is 90.4 Å². The second kappa shape index (κ2) is 12.1. The largest absolute Gasteiger partial charge is 0.393 e. The summed E-state index contributed by atoms with van der Waals surface area (Å²) in [6, 6.07) is 8.13. The zero-order chi connectivity index (χ0) is 35.3. The maximum atomic E-state index is 14.3. The maximum Gasteiger partial charge on any atom is 0.160 e. The van der Waals surface area contributed by atoms with E-state index in [0.29, 0.717) is 30.0 Å². The molecule has 1 aromatic heterocycles. The van der Waals surface area contributed by atoms with Crippen LogP contribution in [0.3, 0.4) is 0 Å². The molecule has 0 bridgehead atoms. The number of aliphatic hydroxyl groups is 1. The molecule has 7 rings (SSSR count). The number of hydrogen-bond acceptors (Lipinski definition) is 4. The summed E-state index contributed by atoms with van der Waals surface area (Å²) in [5.41, 5.74) is 5.33. The predicted molar refractivity (Wildman–Crippen MR) is 200 cm³/mol. The van der Waals surface area contributed by atoms with Crippen LogP contribution in [0, 0.1) is 50.7 Å². The van der Waals surface area contributed by atoms with Gasteiger partial charge in [-0.05, 0) is 134 Å². The Morgan fingerprint density at radius 2 is 1.65 bits per heavy atom. The molecule has 1 aromatic carbocycles. The van der Waals surface area contributed by atoms with E-state index in [1.165, 1.54) is 37.7 Å². The van der Waals surface area contributed by atoms with Crippen molar-refractivity contribution < 1.29 is 9.90 Å². The van der Waals surface area contributed by atoms with Crippen LogP contribution in [0.15, 0.2) is 41.6 Å². The summed E-state index contributed by atoms with van der Waals surface area (Å²) in [6.07, 6.45) is 12.4. The fourth-order valence-corrected chi connectivity index (χ4v) is 13.3. The number of rotatable bonds is 7. The molecule has 268 valence electrons.